The lowest BCUT2D eigenvalue weighted by Crippen LogP contribution is -2.35. The highest BCUT2D eigenvalue weighted by Gasteiger charge is 2.18. The van der Waals surface area contributed by atoms with Crippen molar-refractivity contribution in [1.82, 2.24) is 9.88 Å². The van der Waals surface area contributed by atoms with E-state index in [-0.39, 0.29) is 11.7 Å². The number of carbonyl (C=O) groups excluding carboxylic acids is 2. The second-order valence-electron chi connectivity index (χ2n) is 6.39. The highest BCUT2D eigenvalue weighted by Crippen LogP contribution is 2.17. The first-order valence-electron chi connectivity index (χ1n) is 8.82. The van der Waals surface area contributed by atoms with Gasteiger partial charge in [0.25, 0.3) is 0 Å². The van der Waals surface area contributed by atoms with Gasteiger partial charge in [-0.1, -0.05) is 25.4 Å². The molecule has 1 aromatic carbocycles. The van der Waals surface area contributed by atoms with Gasteiger partial charge in [0.2, 0.25) is 0 Å². The summed E-state index contributed by atoms with van der Waals surface area (Å²) in [7, 11) is 0. The van der Waals surface area contributed by atoms with Crippen molar-refractivity contribution in [2.45, 2.75) is 33.7 Å². The van der Waals surface area contributed by atoms with Crippen molar-refractivity contribution in [2.24, 2.45) is 5.92 Å². The van der Waals surface area contributed by atoms with Gasteiger partial charge in [-0.05, 0) is 43.5 Å². The molecule has 0 aliphatic heterocycles. The molecule has 0 saturated carbocycles. The van der Waals surface area contributed by atoms with Gasteiger partial charge in [0.05, 0.1) is 13.2 Å². The fourth-order valence-corrected chi connectivity index (χ4v) is 3.15. The third-order valence-electron chi connectivity index (χ3n) is 3.72. The molecule has 2 aromatic rings. The minimum absolute atomic E-state index is 0.217. The molecule has 0 unspecified atom stereocenters. The molecule has 146 valence electrons. The van der Waals surface area contributed by atoms with Crippen molar-refractivity contribution < 1.29 is 14.3 Å². The van der Waals surface area contributed by atoms with Gasteiger partial charge < -0.3 is 15.0 Å². The Morgan fingerprint density at radius 1 is 1.30 bits per heavy atom. The molecule has 0 saturated heterocycles. The van der Waals surface area contributed by atoms with E-state index in [9.17, 15) is 9.59 Å². The molecule has 0 spiro atoms. The van der Waals surface area contributed by atoms with E-state index in [1.54, 1.807) is 41.5 Å². The zero-order valence-electron chi connectivity index (χ0n) is 15.7. The molecule has 1 aromatic heterocycles. The van der Waals surface area contributed by atoms with E-state index in [1.165, 1.54) is 11.3 Å². The van der Waals surface area contributed by atoms with E-state index < -0.39 is 5.97 Å². The third-order valence-corrected chi connectivity index (χ3v) is 4.81. The van der Waals surface area contributed by atoms with Gasteiger partial charge in [-0.3, -0.25) is 0 Å². The molecule has 0 bridgehead atoms. The molecule has 27 heavy (non-hydrogen) atoms. The van der Waals surface area contributed by atoms with Crippen LogP contribution in [0.2, 0.25) is 5.02 Å². The van der Waals surface area contributed by atoms with Crippen molar-refractivity contribution in [3.05, 3.63) is 45.4 Å². The average molecular weight is 410 g/mol. The largest absolute Gasteiger partial charge is 0.461 e. The lowest BCUT2D eigenvalue weighted by Gasteiger charge is -2.23. The number of halogens is 1. The Morgan fingerprint density at radius 3 is 2.63 bits per heavy atom. The number of nitrogens with zero attached hydrogens (tertiary/aromatic N) is 2. The summed E-state index contributed by atoms with van der Waals surface area (Å²) in [6.07, 6.45) is 0.865. The van der Waals surface area contributed by atoms with Gasteiger partial charge in [0, 0.05) is 22.6 Å². The summed E-state index contributed by atoms with van der Waals surface area (Å²) in [6, 6.07) is 6.74. The molecular formula is C19H24ClN3O3S. The Kier molecular flexibility index (Phi) is 8.06. The number of anilines is 1. The molecule has 1 heterocycles. The molecule has 0 aliphatic rings. The zero-order chi connectivity index (χ0) is 19.8. The number of nitrogens with one attached hydrogen (secondary N) is 1. The van der Waals surface area contributed by atoms with Crippen LogP contribution in [-0.2, 0) is 11.3 Å². The van der Waals surface area contributed by atoms with Crippen LogP contribution in [-0.4, -0.2) is 35.0 Å². The summed E-state index contributed by atoms with van der Waals surface area (Å²) in [5, 5.41) is 5.83. The number of esters is 1. The normalized spacial score (nSPS) is 10.7. The number of ether oxygens (including phenoxy) is 1. The van der Waals surface area contributed by atoms with Crippen LogP contribution in [0.15, 0.2) is 29.6 Å². The maximum absolute atomic E-state index is 12.7. The first-order valence-corrected chi connectivity index (χ1v) is 10.1. The Labute approximate surface area is 168 Å². The molecule has 2 amide bonds. The predicted octanol–water partition coefficient (Wildman–Crippen LogP) is 5.05. The van der Waals surface area contributed by atoms with E-state index >= 15 is 0 Å². The van der Waals surface area contributed by atoms with Crippen LogP contribution in [0.5, 0.6) is 0 Å². The summed E-state index contributed by atoms with van der Waals surface area (Å²) >= 11 is 7.23. The van der Waals surface area contributed by atoms with Crippen molar-refractivity contribution in [1.29, 1.82) is 0 Å². The number of urea groups is 1. The van der Waals surface area contributed by atoms with Gasteiger partial charge >= 0.3 is 12.0 Å². The first-order chi connectivity index (χ1) is 12.9. The van der Waals surface area contributed by atoms with Crippen LogP contribution in [0, 0.1) is 5.92 Å². The molecule has 0 atom stereocenters. The second-order valence-corrected chi connectivity index (χ2v) is 7.77. The number of thiazole rings is 1. The summed E-state index contributed by atoms with van der Waals surface area (Å²) < 4.78 is 4.96. The molecule has 8 heteroatoms. The van der Waals surface area contributed by atoms with Gasteiger partial charge in [-0.15, -0.1) is 11.3 Å². The molecule has 1 N–H and O–H groups in total. The van der Waals surface area contributed by atoms with Crippen LogP contribution in [0.25, 0.3) is 0 Å². The van der Waals surface area contributed by atoms with Gasteiger partial charge in [0.15, 0.2) is 5.69 Å². The summed E-state index contributed by atoms with van der Waals surface area (Å²) in [4.78, 5) is 30.5. The number of aromatic nitrogens is 1. The van der Waals surface area contributed by atoms with Crippen molar-refractivity contribution >= 4 is 40.6 Å². The standard InChI is InChI=1S/C19H24ClN3O3S/c1-4-26-18(24)16-12-27-17(22-16)11-23(10-9-13(2)3)19(25)21-15-7-5-14(20)6-8-15/h5-8,12-13H,4,9-11H2,1-3H3,(H,21,25). The zero-order valence-corrected chi connectivity index (χ0v) is 17.3. The smallest absolute Gasteiger partial charge is 0.357 e. The number of amides is 2. The van der Waals surface area contributed by atoms with Crippen LogP contribution in [0.4, 0.5) is 10.5 Å². The fourth-order valence-electron chi connectivity index (χ4n) is 2.25. The molecule has 2 rings (SSSR count). The van der Waals surface area contributed by atoms with Crippen LogP contribution >= 0.6 is 22.9 Å². The van der Waals surface area contributed by atoms with E-state index in [4.69, 9.17) is 16.3 Å². The Balaban J connectivity index is 2.07. The summed E-state index contributed by atoms with van der Waals surface area (Å²) in [5.41, 5.74) is 0.948. The van der Waals surface area contributed by atoms with Gasteiger partial charge in [0.1, 0.15) is 5.01 Å². The van der Waals surface area contributed by atoms with Crippen molar-refractivity contribution in [3.8, 4) is 0 Å². The van der Waals surface area contributed by atoms with Crippen molar-refractivity contribution in [3.63, 3.8) is 0 Å². The predicted molar refractivity (Wildman–Crippen MR) is 108 cm³/mol. The van der Waals surface area contributed by atoms with E-state index in [2.05, 4.69) is 24.1 Å². The Hall–Kier alpha value is -2.12. The van der Waals surface area contributed by atoms with E-state index in [0.717, 1.165) is 6.42 Å². The van der Waals surface area contributed by atoms with E-state index in [0.29, 0.717) is 41.3 Å². The molecule has 0 aliphatic carbocycles. The maximum atomic E-state index is 12.7. The number of hydrogen-bond donors (Lipinski definition) is 1. The maximum Gasteiger partial charge on any atom is 0.357 e. The highest BCUT2D eigenvalue weighted by atomic mass is 35.5. The second kappa shape index (κ2) is 10.3. The van der Waals surface area contributed by atoms with Gasteiger partial charge in [-0.2, -0.15) is 0 Å². The SMILES string of the molecule is CCOC(=O)c1csc(CN(CCC(C)C)C(=O)Nc2ccc(Cl)cc2)n1. The quantitative estimate of drug-likeness (QED) is 0.619. The average Bonchev–Trinajstić information content (AvgIpc) is 3.09. The van der Waals surface area contributed by atoms with Crippen LogP contribution < -0.4 is 5.32 Å². The highest BCUT2D eigenvalue weighted by molar-refractivity contribution is 7.09. The molecule has 6 nitrogen and oxygen atoms in total. The van der Waals surface area contributed by atoms with Crippen LogP contribution in [0.1, 0.15) is 42.7 Å². The lowest BCUT2D eigenvalue weighted by molar-refractivity contribution is 0.0520. The third kappa shape index (κ3) is 6.84. The molecule has 0 radical (unpaired) electrons. The topological polar surface area (TPSA) is 71.5 Å². The monoisotopic (exact) mass is 409 g/mol. The molecular weight excluding hydrogens is 386 g/mol. The first kappa shape index (κ1) is 21.2. The number of benzene rings is 1. The van der Waals surface area contributed by atoms with Crippen molar-refractivity contribution in [2.75, 3.05) is 18.5 Å². The van der Waals surface area contributed by atoms with Gasteiger partial charge in [-0.25, -0.2) is 14.6 Å². The minimum atomic E-state index is -0.445. The van der Waals surface area contributed by atoms with Crippen LogP contribution in [0.3, 0.4) is 0 Å². The molecule has 0 fully saturated rings. The Bertz CT molecular complexity index is 762. The number of carbonyl (C=O) groups is 2. The fraction of sp³-hybridized carbons (Fsp3) is 0.421. The van der Waals surface area contributed by atoms with E-state index in [1.807, 2.05) is 0 Å². The Morgan fingerprint density at radius 2 is 2.00 bits per heavy atom. The number of rotatable bonds is 8. The summed E-state index contributed by atoms with van der Waals surface area (Å²) in [5.74, 6) is 0.0153. The lowest BCUT2D eigenvalue weighted by atomic mass is 10.1. The number of hydrogen-bond acceptors (Lipinski definition) is 5. The minimum Gasteiger partial charge on any atom is -0.461 e. The summed E-state index contributed by atoms with van der Waals surface area (Å²) in [6.45, 7) is 7.19.